The lowest BCUT2D eigenvalue weighted by Crippen LogP contribution is -2.44. The first-order valence-electron chi connectivity index (χ1n) is 17.6. The summed E-state index contributed by atoms with van der Waals surface area (Å²) in [6.07, 6.45) is 5.35. The second kappa shape index (κ2) is 19.6. The minimum absolute atomic E-state index is 0.134. The van der Waals surface area contributed by atoms with Crippen LogP contribution >= 0.6 is 23.2 Å². The van der Waals surface area contributed by atoms with Gasteiger partial charge in [-0.25, -0.2) is 0 Å². The van der Waals surface area contributed by atoms with E-state index in [9.17, 15) is 20.3 Å². The molecule has 4 N–H and O–H groups in total. The quantitative estimate of drug-likeness (QED) is 0.0816. The van der Waals surface area contributed by atoms with Crippen LogP contribution in [0.1, 0.15) is 53.5 Å². The highest BCUT2D eigenvalue weighted by molar-refractivity contribution is 6.35. The van der Waals surface area contributed by atoms with Crippen LogP contribution in [-0.4, -0.2) is 76.2 Å². The van der Waals surface area contributed by atoms with E-state index in [4.69, 9.17) is 42.5 Å². The molecule has 4 aromatic rings. The van der Waals surface area contributed by atoms with E-state index in [1.54, 1.807) is 24.4 Å². The van der Waals surface area contributed by atoms with Crippen LogP contribution < -0.4 is 19.5 Å². The smallest absolute Gasteiger partial charge is 0.320 e. The fourth-order valence-corrected chi connectivity index (χ4v) is 6.76. The van der Waals surface area contributed by atoms with Gasteiger partial charge in [-0.05, 0) is 74.2 Å². The largest absolute Gasteiger partial charge is 0.492 e. The van der Waals surface area contributed by atoms with Crippen molar-refractivity contribution in [2.45, 2.75) is 64.5 Å². The van der Waals surface area contributed by atoms with Gasteiger partial charge in [0.05, 0.1) is 34.9 Å². The first-order chi connectivity index (χ1) is 25.7. The molecule has 13 heteroatoms. The standard InChI is InChI=1S/C40H44Cl2N4O7/c1-26-29(7-4-8-32(26)33-9-5-11-36(39(33)42)51-14-6-12-44-21-31(48)23-47)25-53-38-17-37(52-24-28-15-27(18-43)19-45-20-28)30(16-34(38)41)22-46-13-3-2-10-35(46)40(49)50/h4-5,7-9,11,15-17,19-20,31,35,44,47-48H,2-3,6,10,12-14,21-25H2,1H3,(H,49,50). The Kier molecular flexibility index (Phi) is 14.7. The average molecular weight is 764 g/mol. The summed E-state index contributed by atoms with van der Waals surface area (Å²) >= 11 is 13.7. The number of benzene rings is 3. The fourth-order valence-electron chi connectivity index (χ4n) is 6.24. The van der Waals surface area contributed by atoms with Gasteiger partial charge in [-0.1, -0.05) is 60.0 Å². The minimum atomic E-state index is -0.850. The summed E-state index contributed by atoms with van der Waals surface area (Å²) in [5.41, 5.74) is 5.49. The Balaban J connectivity index is 1.32. The van der Waals surface area contributed by atoms with E-state index in [0.29, 0.717) is 84.0 Å². The molecule has 1 aromatic heterocycles. The molecule has 2 unspecified atom stereocenters. The number of nitrogens with zero attached hydrogens (tertiary/aromatic N) is 3. The van der Waals surface area contributed by atoms with Gasteiger partial charge in [-0.15, -0.1) is 0 Å². The fraction of sp³-hybridized carbons (Fsp3) is 0.375. The third kappa shape index (κ3) is 10.8. The van der Waals surface area contributed by atoms with Gasteiger partial charge in [0.15, 0.2) is 0 Å². The summed E-state index contributed by atoms with van der Waals surface area (Å²) in [5, 5.41) is 41.6. The summed E-state index contributed by atoms with van der Waals surface area (Å²) in [6, 6.07) is 18.3. The molecule has 53 heavy (non-hydrogen) atoms. The van der Waals surface area contributed by atoms with Crippen molar-refractivity contribution in [3.05, 3.63) is 105 Å². The van der Waals surface area contributed by atoms with Gasteiger partial charge in [0.1, 0.15) is 42.6 Å². The van der Waals surface area contributed by atoms with Crippen molar-refractivity contribution in [3.63, 3.8) is 0 Å². The number of carbonyl (C=O) groups is 1. The van der Waals surface area contributed by atoms with Crippen LogP contribution in [0, 0.1) is 18.3 Å². The highest BCUT2D eigenvalue weighted by atomic mass is 35.5. The molecular formula is C40H44Cl2N4O7. The van der Waals surface area contributed by atoms with E-state index in [-0.39, 0.29) is 19.8 Å². The molecule has 0 bridgehead atoms. The average Bonchev–Trinajstić information content (AvgIpc) is 3.16. The summed E-state index contributed by atoms with van der Waals surface area (Å²) in [4.78, 5) is 18.1. The first kappa shape index (κ1) is 39.8. The Morgan fingerprint density at radius 2 is 1.81 bits per heavy atom. The summed E-state index contributed by atoms with van der Waals surface area (Å²) < 4.78 is 18.6. The Bertz CT molecular complexity index is 1900. The second-order valence-electron chi connectivity index (χ2n) is 12.9. The molecule has 1 saturated heterocycles. The summed E-state index contributed by atoms with van der Waals surface area (Å²) in [6.45, 7) is 4.38. The van der Waals surface area contributed by atoms with Gasteiger partial charge in [0.25, 0.3) is 0 Å². The van der Waals surface area contributed by atoms with Crippen LogP contribution in [0.2, 0.25) is 10.0 Å². The first-order valence-corrected chi connectivity index (χ1v) is 18.3. The molecule has 1 fully saturated rings. The number of piperidine rings is 1. The van der Waals surface area contributed by atoms with Crippen molar-refractivity contribution in [1.29, 1.82) is 5.26 Å². The molecular weight excluding hydrogens is 719 g/mol. The number of likely N-dealkylation sites (tertiary alicyclic amines) is 1. The predicted molar refractivity (Wildman–Crippen MR) is 202 cm³/mol. The maximum atomic E-state index is 12.0. The molecule has 0 amide bonds. The third-order valence-electron chi connectivity index (χ3n) is 9.13. The van der Waals surface area contributed by atoms with Crippen LogP contribution in [0.4, 0.5) is 0 Å². The topological polar surface area (TPSA) is 157 Å². The number of rotatable bonds is 18. The van der Waals surface area contributed by atoms with Crippen LogP contribution in [0.5, 0.6) is 17.2 Å². The lowest BCUT2D eigenvalue weighted by Gasteiger charge is -2.33. The van der Waals surface area contributed by atoms with Crippen molar-refractivity contribution >= 4 is 29.2 Å². The number of nitrogens with one attached hydrogen (secondary N) is 1. The van der Waals surface area contributed by atoms with Crippen molar-refractivity contribution in [2.75, 3.05) is 32.8 Å². The third-order valence-corrected chi connectivity index (χ3v) is 9.82. The van der Waals surface area contributed by atoms with Gasteiger partial charge >= 0.3 is 5.97 Å². The van der Waals surface area contributed by atoms with E-state index in [0.717, 1.165) is 40.7 Å². The maximum absolute atomic E-state index is 12.0. The molecule has 1 aliphatic heterocycles. The number of aliphatic carboxylic acids is 1. The van der Waals surface area contributed by atoms with E-state index in [2.05, 4.69) is 16.4 Å². The number of ether oxygens (including phenoxy) is 3. The number of aliphatic hydroxyl groups is 2. The zero-order valence-electron chi connectivity index (χ0n) is 29.6. The SMILES string of the molecule is Cc1c(COc2cc(OCc3cncc(C#N)c3)c(CN3CCCCC3C(=O)O)cc2Cl)cccc1-c1cccc(OCCCNCC(O)CO)c1Cl. The molecule has 0 radical (unpaired) electrons. The van der Waals surface area contributed by atoms with Crippen molar-refractivity contribution < 1.29 is 34.3 Å². The molecule has 2 atom stereocenters. The number of carboxylic acid groups (broad SMARTS) is 1. The Morgan fingerprint density at radius 1 is 1.02 bits per heavy atom. The van der Waals surface area contributed by atoms with E-state index in [1.807, 2.05) is 48.2 Å². The Labute approximate surface area is 319 Å². The number of pyridine rings is 1. The van der Waals surface area contributed by atoms with Crippen LogP contribution in [-0.2, 0) is 24.6 Å². The van der Waals surface area contributed by atoms with E-state index < -0.39 is 18.1 Å². The van der Waals surface area contributed by atoms with Crippen molar-refractivity contribution in [3.8, 4) is 34.4 Å². The Hall–Kier alpha value is -4.41. The number of hydrogen-bond donors (Lipinski definition) is 4. The summed E-state index contributed by atoms with van der Waals surface area (Å²) in [5.74, 6) is 0.613. The van der Waals surface area contributed by atoms with Gasteiger partial charge in [-0.2, -0.15) is 5.26 Å². The van der Waals surface area contributed by atoms with E-state index >= 15 is 0 Å². The molecule has 0 spiro atoms. The number of carboxylic acids is 1. The van der Waals surface area contributed by atoms with Gasteiger partial charge < -0.3 is 34.8 Å². The van der Waals surface area contributed by atoms with Crippen molar-refractivity contribution in [1.82, 2.24) is 15.2 Å². The molecule has 1 aliphatic rings. The highest BCUT2D eigenvalue weighted by Gasteiger charge is 2.29. The number of nitriles is 1. The molecule has 5 rings (SSSR count). The number of hydrogen-bond acceptors (Lipinski definition) is 10. The lowest BCUT2D eigenvalue weighted by atomic mass is 9.96. The van der Waals surface area contributed by atoms with Gasteiger partial charge in [-0.3, -0.25) is 14.7 Å². The molecule has 280 valence electrons. The van der Waals surface area contributed by atoms with Gasteiger partial charge in [0, 0.05) is 48.2 Å². The monoisotopic (exact) mass is 762 g/mol. The minimum Gasteiger partial charge on any atom is -0.492 e. The highest BCUT2D eigenvalue weighted by Crippen LogP contribution is 2.39. The molecule has 3 aromatic carbocycles. The van der Waals surface area contributed by atoms with Crippen LogP contribution in [0.25, 0.3) is 11.1 Å². The molecule has 0 saturated carbocycles. The lowest BCUT2D eigenvalue weighted by molar-refractivity contribution is -0.144. The van der Waals surface area contributed by atoms with Gasteiger partial charge in [0.2, 0.25) is 0 Å². The van der Waals surface area contributed by atoms with E-state index in [1.165, 1.54) is 6.20 Å². The normalized spacial score (nSPS) is 15.1. The Morgan fingerprint density at radius 3 is 2.60 bits per heavy atom. The van der Waals surface area contributed by atoms with Crippen LogP contribution in [0.3, 0.4) is 0 Å². The van der Waals surface area contributed by atoms with Crippen molar-refractivity contribution in [2.24, 2.45) is 0 Å². The molecule has 11 nitrogen and oxygen atoms in total. The number of halogens is 2. The predicted octanol–water partition coefficient (Wildman–Crippen LogP) is 6.54. The molecule has 2 heterocycles. The zero-order chi connectivity index (χ0) is 37.7. The zero-order valence-corrected chi connectivity index (χ0v) is 31.1. The molecule has 0 aliphatic carbocycles. The number of aliphatic hydroxyl groups excluding tert-OH is 2. The number of aromatic nitrogens is 1. The summed E-state index contributed by atoms with van der Waals surface area (Å²) in [7, 11) is 0. The van der Waals surface area contributed by atoms with Crippen LogP contribution in [0.15, 0.2) is 67.0 Å². The maximum Gasteiger partial charge on any atom is 0.320 e. The second-order valence-corrected chi connectivity index (χ2v) is 13.7.